The maximum Gasteiger partial charge on any atom is 0.309 e. The summed E-state index contributed by atoms with van der Waals surface area (Å²) < 4.78 is 0. The van der Waals surface area contributed by atoms with Gasteiger partial charge in [-0.1, -0.05) is 48.5 Å². The van der Waals surface area contributed by atoms with Crippen molar-refractivity contribution in [1.82, 2.24) is 4.98 Å². The highest BCUT2D eigenvalue weighted by Crippen LogP contribution is 2.23. The van der Waals surface area contributed by atoms with Gasteiger partial charge in [0.2, 0.25) is 0 Å². The molecule has 4 nitrogen and oxygen atoms in total. The predicted molar refractivity (Wildman–Crippen MR) is 91.7 cm³/mol. The van der Waals surface area contributed by atoms with Crippen LogP contribution in [0.1, 0.15) is 11.3 Å². The van der Waals surface area contributed by atoms with E-state index in [9.17, 15) is 4.79 Å². The molecule has 2 aromatic carbocycles. The molecule has 0 atom stereocenters. The van der Waals surface area contributed by atoms with Gasteiger partial charge in [-0.05, 0) is 24.1 Å². The zero-order valence-corrected chi connectivity index (χ0v) is 12.7. The molecule has 1 aromatic heterocycles. The number of rotatable bonds is 6. The van der Waals surface area contributed by atoms with Crippen molar-refractivity contribution < 1.29 is 9.90 Å². The van der Waals surface area contributed by atoms with E-state index >= 15 is 0 Å². The number of carboxylic acids is 1. The fraction of sp³-hybridized carbons (Fsp3) is 0.158. The average Bonchev–Trinajstić information content (AvgIpc) is 2.55. The zero-order chi connectivity index (χ0) is 16.1. The molecule has 3 rings (SSSR count). The van der Waals surface area contributed by atoms with E-state index in [-0.39, 0.29) is 6.42 Å². The third-order valence-corrected chi connectivity index (χ3v) is 3.67. The van der Waals surface area contributed by atoms with Crippen LogP contribution in [-0.4, -0.2) is 22.6 Å². The van der Waals surface area contributed by atoms with Crippen LogP contribution in [0.4, 0.5) is 5.69 Å². The van der Waals surface area contributed by atoms with Crippen molar-refractivity contribution in [2.75, 3.05) is 11.9 Å². The molecule has 0 spiro atoms. The Balaban J connectivity index is 1.81. The van der Waals surface area contributed by atoms with E-state index in [1.807, 2.05) is 48.5 Å². The summed E-state index contributed by atoms with van der Waals surface area (Å²) in [6.07, 6.45) is 0.837. The number of pyridine rings is 1. The number of fused-ring (bicyclic) bond motifs is 1. The molecule has 0 fully saturated rings. The lowest BCUT2D eigenvalue weighted by molar-refractivity contribution is -0.136. The van der Waals surface area contributed by atoms with Crippen LogP contribution in [0.5, 0.6) is 0 Å². The van der Waals surface area contributed by atoms with Gasteiger partial charge in [-0.2, -0.15) is 0 Å². The third-order valence-electron chi connectivity index (χ3n) is 3.67. The molecule has 3 aromatic rings. The number of nitrogens with zero attached hydrogens (tertiary/aromatic N) is 1. The highest BCUT2D eigenvalue weighted by atomic mass is 16.4. The number of carboxylic acid groups (broad SMARTS) is 1. The van der Waals surface area contributed by atoms with Crippen LogP contribution in [0.2, 0.25) is 0 Å². The molecule has 0 aliphatic heterocycles. The second kappa shape index (κ2) is 6.92. The molecule has 4 heteroatoms. The van der Waals surface area contributed by atoms with Gasteiger partial charge in [0.15, 0.2) is 0 Å². The van der Waals surface area contributed by atoms with Gasteiger partial charge in [0.1, 0.15) is 0 Å². The predicted octanol–water partition coefficient (Wildman–Crippen LogP) is 3.52. The largest absolute Gasteiger partial charge is 0.481 e. The summed E-state index contributed by atoms with van der Waals surface area (Å²) in [5.41, 5.74) is 3.58. The smallest absolute Gasteiger partial charge is 0.309 e. The van der Waals surface area contributed by atoms with E-state index < -0.39 is 5.97 Å². The second-order valence-electron chi connectivity index (χ2n) is 5.41. The Morgan fingerprint density at radius 1 is 1.04 bits per heavy atom. The molecule has 0 saturated carbocycles. The normalized spacial score (nSPS) is 10.6. The first-order valence-electron chi connectivity index (χ1n) is 7.60. The maximum atomic E-state index is 11.0. The molecule has 2 N–H and O–H groups in total. The summed E-state index contributed by atoms with van der Waals surface area (Å²) in [7, 11) is 0. The lowest BCUT2D eigenvalue weighted by Gasteiger charge is -2.11. The van der Waals surface area contributed by atoms with E-state index in [1.165, 1.54) is 5.56 Å². The quantitative estimate of drug-likeness (QED) is 0.731. The molecule has 116 valence electrons. The molecule has 0 saturated heterocycles. The third kappa shape index (κ3) is 3.86. The minimum Gasteiger partial charge on any atom is -0.481 e. The van der Waals surface area contributed by atoms with Gasteiger partial charge in [0.05, 0.1) is 17.6 Å². The van der Waals surface area contributed by atoms with Crippen molar-refractivity contribution in [2.24, 2.45) is 0 Å². The first kappa shape index (κ1) is 15.0. The summed E-state index contributed by atoms with van der Waals surface area (Å²) in [6, 6.07) is 19.9. The van der Waals surface area contributed by atoms with Crippen molar-refractivity contribution in [3.05, 3.63) is 71.9 Å². The number of anilines is 1. The highest BCUT2D eigenvalue weighted by Gasteiger charge is 2.08. The van der Waals surface area contributed by atoms with Gasteiger partial charge in [-0.15, -0.1) is 0 Å². The minimum absolute atomic E-state index is 0.0712. The Morgan fingerprint density at radius 3 is 2.57 bits per heavy atom. The molecule has 0 amide bonds. The zero-order valence-electron chi connectivity index (χ0n) is 12.7. The van der Waals surface area contributed by atoms with Crippen LogP contribution in [0.15, 0.2) is 60.7 Å². The summed E-state index contributed by atoms with van der Waals surface area (Å²) in [5, 5.41) is 13.4. The van der Waals surface area contributed by atoms with Crippen LogP contribution < -0.4 is 5.32 Å². The fourth-order valence-electron chi connectivity index (χ4n) is 2.61. The van der Waals surface area contributed by atoms with Crippen LogP contribution in [0.3, 0.4) is 0 Å². The van der Waals surface area contributed by atoms with Crippen molar-refractivity contribution >= 4 is 22.6 Å². The van der Waals surface area contributed by atoms with Gasteiger partial charge >= 0.3 is 5.97 Å². The molecule has 0 aliphatic carbocycles. The lowest BCUT2D eigenvalue weighted by atomic mass is 10.1. The summed E-state index contributed by atoms with van der Waals surface area (Å²) >= 11 is 0. The number of hydrogen-bond donors (Lipinski definition) is 2. The average molecular weight is 306 g/mol. The second-order valence-corrected chi connectivity index (χ2v) is 5.41. The van der Waals surface area contributed by atoms with E-state index in [0.717, 1.165) is 29.6 Å². The van der Waals surface area contributed by atoms with Gasteiger partial charge in [0, 0.05) is 17.6 Å². The number of aliphatic carboxylic acids is 1. The first-order valence-corrected chi connectivity index (χ1v) is 7.60. The number of aromatic nitrogens is 1. The number of para-hydroxylation sites is 1. The maximum absolute atomic E-state index is 11.0. The molecule has 1 heterocycles. The Kier molecular flexibility index (Phi) is 4.52. The van der Waals surface area contributed by atoms with E-state index in [4.69, 9.17) is 5.11 Å². The van der Waals surface area contributed by atoms with Crippen molar-refractivity contribution in [3.8, 4) is 0 Å². The van der Waals surface area contributed by atoms with Gasteiger partial charge in [-0.3, -0.25) is 9.78 Å². The standard InChI is InChI=1S/C19H18N2O2/c22-19(23)13-15-12-18(16-8-4-5-9-17(16)21-15)20-11-10-14-6-2-1-3-7-14/h1-9,12H,10-11,13H2,(H,20,21)(H,22,23). The van der Waals surface area contributed by atoms with E-state index in [2.05, 4.69) is 22.4 Å². The van der Waals surface area contributed by atoms with Crippen molar-refractivity contribution in [3.63, 3.8) is 0 Å². The molecule has 0 unspecified atom stereocenters. The number of carbonyl (C=O) groups is 1. The van der Waals surface area contributed by atoms with E-state index in [1.54, 1.807) is 0 Å². The number of hydrogen-bond acceptors (Lipinski definition) is 3. The van der Waals surface area contributed by atoms with Crippen LogP contribution in [0.25, 0.3) is 10.9 Å². The summed E-state index contributed by atoms with van der Waals surface area (Å²) in [5.74, 6) is -0.872. The minimum atomic E-state index is -0.872. The monoisotopic (exact) mass is 306 g/mol. The molecule has 0 bridgehead atoms. The Bertz CT molecular complexity index is 816. The molecule has 0 aliphatic rings. The topological polar surface area (TPSA) is 62.2 Å². The van der Waals surface area contributed by atoms with Crippen LogP contribution in [0, 0.1) is 0 Å². The van der Waals surface area contributed by atoms with Crippen LogP contribution >= 0.6 is 0 Å². The Labute approximate surface area is 134 Å². The number of nitrogens with one attached hydrogen (secondary N) is 1. The van der Waals surface area contributed by atoms with Crippen LogP contribution in [-0.2, 0) is 17.6 Å². The van der Waals surface area contributed by atoms with Gasteiger partial charge in [0.25, 0.3) is 0 Å². The summed E-state index contributed by atoms with van der Waals surface area (Å²) in [6.45, 7) is 0.782. The first-order chi connectivity index (χ1) is 11.2. The molecular weight excluding hydrogens is 288 g/mol. The lowest BCUT2D eigenvalue weighted by Crippen LogP contribution is -2.08. The Hall–Kier alpha value is -2.88. The SMILES string of the molecule is O=C(O)Cc1cc(NCCc2ccccc2)c2ccccc2n1. The molecular formula is C19H18N2O2. The number of benzene rings is 2. The summed E-state index contributed by atoms with van der Waals surface area (Å²) in [4.78, 5) is 15.4. The van der Waals surface area contributed by atoms with Gasteiger partial charge in [-0.25, -0.2) is 0 Å². The molecule has 23 heavy (non-hydrogen) atoms. The fourth-order valence-corrected chi connectivity index (χ4v) is 2.61. The Morgan fingerprint density at radius 2 is 1.78 bits per heavy atom. The highest BCUT2D eigenvalue weighted by molar-refractivity contribution is 5.91. The van der Waals surface area contributed by atoms with Crippen molar-refractivity contribution in [1.29, 1.82) is 0 Å². The van der Waals surface area contributed by atoms with Gasteiger partial charge < -0.3 is 10.4 Å². The van der Waals surface area contributed by atoms with E-state index in [0.29, 0.717) is 5.69 Å². The van der Waals surface area contributed by atoms with Crippen molar-refractivity contribution in [2.45, 2.75) is 12.8 Å². The molecule has 0 radical (unpaired) electrons.